The lowest BCUT2D eigenvalue weighted by molar-refractivity contribution is -0.123. The van der Waals surface area contributed by atoms with Gasteiger partial charge in [-0.2, -0.15) is 5.10 Å². The van der Waals surface area contributed by atoms with Gasteiger partial charge in [0.15, 0.2) is 6.10 Å². The maximum Gasteiger partial charge on any atom is 0.342 e. The minimum absolute atomic E-state index is 0.0160. The number of aryl methyl sites for hydroxylation is 2. The summed E-state index contributed by atoms with van der Waals surface area (Å²) in [5, 5.41) is 16.7. The molecule has 1 aromatic heterocycles. The van der Waals surface area contributed by atoms with Gasteiger partial charge in [-0.15, -0.1) is 0 Å². The smallest absolute Gasteiger partial charge is 0.342 e. The molecular weight excluding hydrogens is 378 g/mol. The van der Waals surface area contributed by atoms with Gasteiger partial charge in [0.05, 0.1) is 17.1 Å². The summed E-state index contributed by atoms with van der Waals surface area (Å²) >= 11 is 3.21. The minimum atomic E-state index is -1.03. The van der Waals surface area contributed by atoms with Crippen molar-refractivity contribution in [2.24, 2.45) is 7.05 Å². The summed E-state index contributed by atoms with van der Waals surface area (Å²) in [6.45, 7) is 5.06. The van der Waals surface area contributed by atoms with E-state index in [0.717, 1.165) is 5.69 Å². The van der Waals surface area contributed by atoms with E-state index in [1.165, 1.54) is 19.1 Å². The monoisotopic (exact) mass is 395 g/mol. The topological polar surface area (TPSA) is 93.5 Å². The number of anilines is 1. The fourth-order valence-corrected chi connectivity index (χ4v) is 2.49. The molecule has 8 heteroatoms. The number of esters is 1. The zero-order valence-corrected chi connectivity index (χ0v) is 15.3. The molecule has 1 atom stereocenters. The van der Waals surface area contributed by atoms with Crippen molar-refractivity contribution in [3.63, 3.8) is 0 Å². The number of hydrogen-bond acceptors (Lipinski definition) is 5. The molecule has 2 N–H and O–H groups in total. The van der Waals surface area contributed by atoms with Gasteiger partial charge in [0, 0.05) is 11.5 Å². The Morgan fingerprint density at radius 2 is 2.04 bits per heavy atom. The zero-order chi connectivity index (χ0) is 18.0. The van der Waals surface area contributed by atoms with Crippen molar-refractivity contribution in [2.45, 2.75) is 26.9 Å². The predicted octanol–water partition coefficient (Wildman–Crippen LogP) is 2.69. The molecular formula is C16H18BrN3O4. The number of hydrogen-bond donors (Lipinski definition) is 2. The molecule has 1 aromatic carbocycles. The Bertz CT molecular complexity index is 801. The SMILES string of the molecule is Cc1nn(C)c(C)c1NC(=O)C(C)OC(=O)c1cc(Br)ccc1O. The van der Waals surface area contributed by atoms with Crippen LogP contribution >= 0.6 is 15.9 Å². The number of nitrogens with zero attached hydrogens (tertiary/aromatic N) is 2. The number of phenols is 1. The number of halogens is 1. The molecule has 24 heavy (non-hydrogen) atoms. The normalized spacial score (nSPS) is 11.9. The molecule has 0 aliphatic heterocycles. The highest BCUT2D eigenvalue weighted by Gasteiger charge is 2.23. The Labute approximate surface area is 147 Å². The highest BCUT2D eigenvalue weighted by Crippen LogP contribution is 2.23. The Kier molecular flexibility index (Phi) is 5.28. The van der Waals surface area contributed by atoms with Crippen molar-refractivity contribution >= 4 is 33.5 Å². The zero-order valence-electron chi connectivity index (χ0n) is 13.8. The molecule has 2 rings (SSSR count). The molecule has 0 aliphatic carbocycles. The standard InChI is InChI=1S/C16H18BrN3O4/c1-8-14(9(2)20(4)19-8)18-15(22)10(3)24-16(23)12-7-11(17)5-6-13(12)21/h5-7,10,21H,1-4H3,(H,18,22). The van der Waals surface area contributed by atoms with Crippen LogP contribution in [-0.2, 0) is 16.6 Å². The van der Waals surface area contributed by atoms with E-state index >= 15 is 0 Å². The van der Waals surface area contributed by atoms with Gasteiger partial charge in [0.2, 0.25) is 0 Å². The Morgan fingerprint density at radius 3 is 2.62 bits per heavy atom. The molecule has 2 aromatic rings. The van der Waals surface area contributed by atoms with Crippen LogP contribution in [0, 0.1) is 13.8 Å². The first-order valence-electron chi connectivity index (χ1n) is 7.21. The second kappa shape index (κ2) is 7.04. The van der Waals surface area contributed by atoms with Crippen LogP contribution in [0.4, 0.5) is 5.69 Å². The van der Waals surface area contributed by atoms with Crippen LogP contribution < -0.4 is 5.32 Å². The highest BCUT2D eigenvalue weighted by molar-refractivity contribution is 9.10. The van der Waals surface area contributed by atoms with Crippen LogP contribution in [0.15, 0.2) is 22.7 Å². The summed E-state index contributed by atoms with van der Waals surface area (Å²) in [5.41, 5.74) is 2.05. The van der Waals surface area contributed by atoms with Gasteiger partial charge in [-0.3, -0.25) is 9.48 Å². The number of amides is 1. The van der Waals surface area contributed by atoms with Crippen LogP contribution in [0.1, 0.15) is 28.7 Å². The second-order valence-corrected chi connectivity index (χ2v) is 6.28. The first-order chi connectivity index (χ1) is 11.2. The second-order valence-electron chi connectivity index (χ2n) is 5.37. The predicted molar refractivity (Wildman–Crippen MR) is 92.0 cm³/mol. The summed E-state index contributed by atoms with van der Waals surface area (Å²) in [4.78, 5) is 24.4. The summed E-state index contributed by atoms with van der Waals surface area (Å²) in [6.07, 6.45) is -1.03. The first-order valence-corrected chi connectivity index (χ1v) is 8.00. The molecule has 1 heterocycles. The summed E-state index contributed by atoms with van der Waals surface area (Å²) in [5.74, 6) is -1.47. The van der Waals surface area contributed by atoms with E-state index in [-0.39, 0.29) is 11.3 Å². The number of phenolic OH excluding ortho intramolecular Hbond substituents is 1. The third kappa shape index (κ3) is 3.76. The van der Waals surface area contributed by atoms with Gasteiger partial charge in [0.25, 0.3) is 5.91 Å². The van der Waals surface area contributed by atoms with E-state index in [1.54, 1.807) is 24.7 Å². The summed E-state index contributed by atoms with van der Waals surface area (Å²) in [7, 11) is 1.78. The van der Waals surface area contributed by atoms with Gasteiger partial charge in [-0.1, -0.05) is 15.9 Å². The van der Waals surface area contributed by atoms with Gasteiger partial charge in [0.1, 0.15) is 11.3 Å². The molecule has 0 saturated carbocycles. The maximum absolute atomic E-state index is 12.2. The maximum atomic E-state index is 12.2. The lowest BCUT2D eigenvalue weighted by Crippen LogP contribution is -2.30. The number of carbonyl (C=O) groups excluding carboxylic acids is 2. The Morgan fingerprint density at radius 1 is 1.38 bits per heavy atom. The van der Waals surface area contributed by atoms with E-state index in [9.17, 15) is 14.7 Å². The van der Waals surface area contributed by atoms with Crippen LogP contribution in [0.2, 0.25) is 0 Å². The number of ether oxygens (including phenoxy) is 1. The third-order valence-electron chi connectivity index (χ3n) is 3.59. The Hall–Kier alpha value is -2.35. The number of benzene rings is 1. The number of carbonyl (C=O) groups is 2. The van der Waals surface area contributed by atoms with Crippen LogP contribution in [0.5, 0.6) is 5.75 Å². The number of nitrogens with one attached hydrogen (secondary N) is 1. The fraction of sp³-hybridized carbons (Fsp3) is 0.312. The van der Waals surface area contributed by atoms with Gasteiger partial charge >= 0.3 is 5.97 Å². The molecule has 1 unspecified atom stereocenters. The molecule has 0 aliphatic rings. The molecule has 0 spiro atoms. The molecule has 0 fully saturated rings. The quantitative estimate of drug-likeness (QED) is 0.776. The van der Waals surface area contributed by atoms with Crippen molar-refractivity contribution in [2.75, 3.05) is 5.32 Å². The number of aromatic nitrogens is 2. The first kappa shape index (κ1) is 18.0. The van der Waals surface area contributed by atoms with E-state index in [2.05, 4.69) is 26.3 Å². The number of aromatic hydroxyl groups is 1. The van der Waals surface area contributed by atoms with Crippen LogP contribution in [-0.4, -0.2) is 32.9 Å². The van der Waals surface area contributed by atoms with Crippen LogP contribution in [0.3, 0.4) is 0 Å². The third-order valence-corrected chi connectivity index (χ3v) is 4.08. The average molecular weight is 396 g/mol. The Balaban J connectivity index is 2.08. The van der Waals surface area contributed by atoms with E-state index < -0.39 is 18.0 Å². The van der Waals surface area contributed by atoms with Gasteiger partial charge in [-0.25, -0.2) is 4.79 Å². The van der Waals surface area contributed by atoms with E-state index in [1.807, 2.05) is 6.92 Å². The molecule has 0 saturated heterocycles. The van der Waals surface area contributed by atoms with Gasteiger partial charge in [-0.05, 0) is 39.0 Å². The highest BCUT2D eigenvalue weighted by atomic mass is 79.9. The largest absolute Gasteiger partial charge is 0.507 e. The van der Waals surface area contributed by atoms with E-state index in [0.29, 0.717) is 15.9 Å². The fourth-order valence-electron chi connectivity index (χ4n) is 2.13. The van der Waals surface area contributed by atoms with E-state index in [4.69, 9.17) is 4.74 Å². The molecule has 128 valence electrons. The van der Waals surface area contributed by atoms with Crippen molar-refractivity contribution in [1.82, 2.24) is 9.78 Å². The molecule has 7 nitrogen and oxygen atoms in total. The van der Waals surface area contributed by atoms with Crippen molar-refractivity contribution in [3.05, 3.63) is 39.6 Å². The minimum Gasteiger partial charge on any atom is -0.507 e. The molecule has 0 bridgehead atoms. The van der Waals surface area contributed by atoms with Crippen molar-refractivity contribution < 1.29 is 19.4 Å². The average Bonchev–Trinajstić information content (AvgIpc) is 2.75. The molecule has 0 radical (unpaired) electrons. The van der Waals surface area contributed by atoms with Gasteiger partial charge < -0.3 is 15.2 Å². The molecule has 1 amide bonds. The summed E-state index contributed by atoms with van der Waals surface area (Å²) < 4.78 is 7.40. The van der Waals surface area contributed by atoms with Crippen LogP contribution in [0.25, 0.3) is 0 Å². The lowest BCUT2D eigenvalue weighted by atomic mass is 10.2. The van der Waals surface area contributed by atoms with Crippen molar-refractivity contribution in [3.8, 4) is 5.75 Å². The summed E-state index contributed by atoms with van der Waals surface area (Å²) in [6, 6.07) is 4.39. The lowest BCUT2D eigenvalue weighted by Gasteiger charge is -2.14. The van der Waals surface area contributed by atoms with Crippen molar-refractivity contribution in [1.29, 1.82) is 0 Å². The number of rotatable bonds is 4.